The normalized spacial score (nSPS) is 30.6. The first kappa shape index (κ1) is 15.1. The molecule has 5 nitrogen and oxygen atoms in total. The average molecular weight is 283 g/mol. The van der Waals surface area contributed by atoms with E-state index < -0.39 is 11.6 Å². The first-order valence-electron chi connectivity index (χ1n) is 7.47. The molecule has 114 valence electrons. The van der Waals surface area contributed by atoms with E-state index in [0.29, 0.717) is 24.8 Å². The zero-order valence-corrected chi connectivity index (χ0v) is 12.6. The van der Waals surface area contributed by atoms with Crippen molar-refractivity contribution >= 4 is 12.1 Å². The summed E-state index contributed by atoms with van der Waals surface area (Å²) in [5.41, 5.74) is -0.482. The third-order valence-corrected chi connectivity index (χ3v) is 4.37. The number of carbonyl (C=O) groups is 2. The number of nitrogens with zero attached hydrogens (tertiary/aromatic N) is 1. The van der Waals surface area contributed by atoms with Crippen LogP contribution < -0.4 is 0 Å². The summed E-state index contributed by atoms with van der Waals surface area (Å²) in [5.74, 6) is -0.0527. The highest BCUT2D eigenvalue weighted by atomic mass is 16.6. The zero-order valence-electron chi connectivity index (χ0n) is 12.6. The molecule has 3 unspecified atom stereocenters. The fourth-order valence-electron chi connectivity index (χ4n) is 3.34. The van der Waals surface area contributed by atoms with Gasteiger partial charge in [-0.1, -0.05) is 0 Å². The standard InChI is InChI=1S/C15H25NO4/c1-15(2,3)20-14(19)16-7-6-10-4-5-11(13(17)18)8-12(10)9-16/h10-12H,4-9H2,1-3H3,(H,17,18). The van der Waals surface area contributed by atoms with Gasteiger partial charge in [0.2, 0.25) is 0 Å². The Kier molecular flexibility index (Phi) is 4.25. The van der Waals surface area contributed by atoms with E-state index in [2.05, 4.69) is 0 Å². The minimum atomic E-state index is -0.696. The maximum atomic E-state index is 12.1. The lowest BCUT2D eigenvalue weighted by Gasteiger charge is -2.42. The van der Waals surface area contributed by atoms with Gasteiger partial charge in [-0.25, -0.2) is 4.79 Å². The molecule has 1 aliphatic carbocycles. The van der Waals surface area contributed by atoms with E-state index in [0.717, 1.165) is 25.8 Å². The van der Waals surface area contributed by atoms with Crippen molar-refractivity contribution in [3.05, 3.63) is 0 Å². The van der Waals surface area contributed by atoms with Gasteiger partial charge in [0.25, 0.3) is 0 Å². The molecular weight excluding hydrogens is 258 g/mol. The summed E-state index contributed by atoms with van der Waals surface area (Å²) in [5, 5.41) is 9.15. The quantitative estimate of drug-likeness (QED) is 0.803. The first-order valence-corrected chi connectivity index (χ1v) is 7.47. The fourth-order valence-corrected chi connectivity index (χ4v) is 3.34. The SMILES string of the molecule is CC(C)(C)OC(=O)N1CCC2CCC(C(=O)O)CC2C1. The van der Waals surface area contributed by atoms with E-state index >= 15 is 0 Å². The van der Waals surface area contributed by atoms with E-state index in [9.17, 15) is 9.59 Å². The van der Waals surface area contributed by atoms with Crippen molar-refractivity contribution in [2.45, 2.75) is 52.1 Å². The van der Waals surface area contributed by atoms with Crippen LogP contribution in [-0.2, 0) is 9.53 Å². The number of hydrogen-bond acceptors (Lipinski definition) is 3. The number of ether oxygens (including phenoxy) is 1. The van der Waals surface area contributed by atoms with Crippen molar-refractivity contribution in [2.24, 2.45) is 17.8 Å². The van der Waals surface area contributed by atoms with Gasteiger partial charge in [-0.3, -0.25) is 4.79 Å². The monoisotopic (exact) mass is 283 g/mol. The van der Waals surface area contributed by atoms with Gasteiger partial charge in [-0.2, -0.15) is 0 Å². The molecule has 2 aliphatic rings. The van der Waals surface area contributed by atoms with E-state index in [4.69, 9.17) is 9.84 Å². The summed E-state index contributed by atoms with van der Waals surface area (Å²) < 4.78 is 5.40. The zero-order chi connectivity index (χ0) is 14.9. The molecule has 0 bridgehead atoms. The van der Waals surface area contributed by atoms with Gasteiger partial charge < -0.3 is 14.7 Å². The molecule has 0 aromatic carbocycles. The molecular formula is C15H25NO4. The molecule has 1 saturated carbocycles. The molecule has 20 heavy (non-hydrogen) atoms. The number of carbonyl (C=O) groups excluding carboxylic acids is 1. The molecule has 0 aromatic rings. The van der Waals surface area contributed by atoms with Crippen molar-refractivity contribution < 1.29 is 19.4 Å². The van der Waals surface area contributed by atoms with Crippen LogP contribution in [-0.4, -0.2) is 40.8 Å². The fraction of sp³-hybridized carbons (Fsp3) is 0.867. The number of piperidine rings is 1. The van der Waals surface area contributed by atoms with Gasteiger partial charge in [-0.05, 0) is 58.3 Å². The Morgan fingerprint density at radius 1 is 1.15 bits per heavy atom. The second-order valence-electron chi connectivity index (χ2n) is 7.08. The van der Waals surface area contributed by atoms with Crippen molar-refractivity contribution in [3.8, 4) is 0 Å². The predicted octanol–water partition coefficient (Wildman–Crippen LogP) is 2.74. The highest BCUT2D eigenvalue weighted by molar-refractivity contribution is 5.70. The second-order valence-corrected chi connectivity index (χ2v) is 7.08. The number of carboxylic acids is 1. The lowest BCUT2D eigenvalue weighted by atomic mass is 9.71. The van der Waals surface area contributed by atoms with E-state index in [1.807, 2.05) is 20.8 Å². The van der Waals surface area contributed by atoms with Crippen LogP contribution in [0, 0.1) is 17.8 Å². The molecule has 0 radical (unpaired) electrons. The van der Waals surface area contributed by atoms with Crippen LogP contribution in [0.2, 0.25) is 0 Å². The molecule has 1 aliphatic heterocycles. The Hall–Kier alpha value is -1.26. The lowest BCUT2D eigenvalue weighted by molar-refractivity contribution is -0.144. The maximum absolute atomic E-state index is 12.1. The molecule has 3 atom stereocenters. The lowest BCUT2D eigenvalue weighted by Crippen LogP contribution is -2.48. The summed E-state index contributed by atoms with van der Waals surface area (Å²) >= 11 is 0. The van der Waals surface area contributed by atoms with Gasteiger partial charge in [-0.15, -0.1) is 0 Å². The number of carboxylic acid groups (broad SMARTS) is 1. The van der Waals surface area contributed by atoms with E-state index in [1.165, 1.54) is 0 Å². The van der Waals surface area contributed by atoms with Crippen LogP contribution in [0.25, 0.3) is 0 Å². The Morgan fingerprint density at radius 2 is 1.85 bits per heavy atom. The van der Waals surface area contributed by atoms with Gasteiger partial charge in [0.15, 0.2) is 0 Å². The third-order valence-electron chi connectivity index (χ3n) is 4.37. The summed E-state index contributed by atoms with van der Waals surface area (Å²) in [6.07, 6.45) is 3.15. The Morgan fingerprint density at radius 3 is 2.45 bits per heavy atom. The largest absolute Gasteiger partial charge is 0.481 e. The number of amides is 1. The minimum absolute atomic E-state index is 0.241. The Labute approximate surface area is 120 Å². The number of hydrogen-bond donors (Lipinski definition) is 1. The molecule has 1 saturated heterocycles. The van der Waals surface area contributed by atoms with Crippen LogP contribution >= 0.6 is 0 Å². The average Bonchev–Trinajstić information content (AvgIpc) is 2.35. The van der Waals surface area contributed by atoms with Crippen LogP contribution in [0.1, 0.15) is 46.5 Å². The molecule has 0 spiro atoms. The molecule has 5 heteroatoms. The van der Waals surface area contributed by atoms with Crippen molar-refractivity contribution in [2.75, 3.05) is 13.1 Å². The van der Waals surface area contributed by atoms with Gasteiger partial charge >= 0.3 is 12.1 Å². The summed E-state index contributed by atoms with van der Waals surface area (Å²) in [4.78, 5) is 25.0. The van der Waals surface area contributed by atoms with Crippen LogP contribution in [0.3, 0.4) is 0 Å². The van der Waals surface area contributed by atoms with Crippen LogP contribution in [0.5, 0.6) is 0 Å². The van der Waals surface area contributed by atoms with Crippen molar-refractivity contribution in [3.63, 3.8) is 0 Å². The van der Waals surface area contributed by atoms with Crippen LogP contribution in [0.15, 0.2) is 0 Å². The van der Waals surface area contributed by atoms with Gasteiger partial charge in [0.1, 0.15) is 5.60 Å². The highest BCUT2D eigenvalue weighted by Gasteiger charge is 2.39. The summed E-state index contributed by atoms with van der Waals surface area (Å²) in [7, 11) is 0. The molecule has 2 rings (SSSR count). The van der Waals surface area contributed by atoms with E-state index in [-0.39, 0.29) is 12.0 Å². The van der Waals surface area contributed by atoms with Crippen molar-refractivity contribution in [1.29, 1.82) is 0 Å². The van der Waals surface area contributed by atoms with Crippen LogP contribution in [0.4, 0.5) is 4.79 Å². The number of fused-ring (bicyclic) bond motifs is 1. The molecule has 1 amide bonds. The van der Waals surface area contributed by atoms with Gasteiger partial charge in [0, 0.05) is 13.1 Å². The number of likely N-dealkylation sites (tertiary alicyclic amines) is 1. The minimum Gasteiger partial charge on any atom is -0.481 e. The Bertz CT molecular complexity index is 388. The molecule has 2 fully saturated rings. The van der Waals surface area contributed by atoms with E-state index in [1.54, 1.807) is 4.90 Å². The molecule has 0 aromatic heterocycles. The smallest absolute Gasteiger partial charge is 0.410 e. The summed E-state index contributed by atoms with van der Waals surface area (Å²) in [6, 6.07) is 0. The maximum Gasteiger partial charge on any atom is 0.410 e. The van der Waals surface area contributed by atoms with Gasteiger partial charge in [0.05, 0.1) is 5.92 Å². The van der Waals surface area contributed by atoms with Crippen molar-refractivity contribution in [1.82, 2.24) is 4.90 Å². The molecule has 1 N–H and O–H groups in total. The number of aliphatic carboxylic acids is 1. The predicted molar refractivity (Wildman–Crippen MR) is 74.4 cm³/mol. The Balaban J connectivity index is 1.94. The third kappa shape index (κ3) is 3.64. The topological polar surface area (TPSA) is 66.8 Å². The number of rotatable bonds is 1. The first-order chi connectivity index (χ1) is 9.26. The molecule has 1 heterocycles. The summed E-state index contributed by atoms with van der Waals surface area (Å²) in [6.45, 7) is 6.95. The highest BCUT2D eigenvalue weighted by Crippen LogP contribution is 2.39. The second kappa shape index (κ2) is 5.62.